The molecule has 0 spiro atoms. The standard InChI is InChI=1S/C17H19NO4/c1-9-11-4-17-16(21-8-22-17)3-10(11)7-18-13-6-14(19)15(20-2)5-12(9)13/h3-5,13-15,18-19H,1,6-8H2,2H3/t13-,14-,15+/m0/s1. The molecule has 0 unspecified atom stereocenters. The molecule has 0 aromatic heterocycles. The van der Waals surface area contributed by atoms with Crippen molar-refractivity contribution in [3.63, 3.8) is 0 Å². The van der Waals surface area contributed by atoms with Crippen molar-refractivity contribution in [3.05, 3.63) is 41.5 Å². The lowest BCUT2D eigenvalue weighted by molar-refractivity contribution is 0.00314. The summed E-state index contributed by atoms with van der Waals surface area (Å²) < 4.78 is 16.3. The van der Waals surface area contributed by atoms with Gasteiger partial charge < -0.3 is 24.6 Å². The average molecular weight is 301 g/mol. The topological polar surface area (TPSA) is 60.0 Å². The summed E-state index contributed by atoms with van der Waals surface area (Å²) in [6.07, 6.45) is 1.80. The first-order valence-electron chi connectivity index (χ1n) is 7.45. The number of hydrogen-bond donors (Lipinski definition) is 2. The second-order valence-corrected chi connectivity index (χ2v) is 5.90. The summed E-state index contributed by atoms with van der Waals surface area (Å²) in [5.41, 5.74) is 4.25. The van der Waals surface area contributed by atoms with Crippen molar-refractivity contribution in [2.75, 3.05) is 13.9 Å². The van der Waals surface area contributed by atoms with Gasteiger partial charge in [-0.2, -0.15) is 0 Å². The van der Waals surface area contributed by atoms with Crippen LogP contribution in [0.4, 0.5) is 0 Å². The van der Waals surface area contributed by atoms with E-state index >= 15 is 0 Å². The molecule has 4 rings (SSSR count). The first-order chi connectivity index (χ1) is 10.7. The zero-order chi connectivity index (χ0) is 15.3. The predicted octanol–water partition coefficient (Wildman–Crippen LogP) is 1.61. The smallest absolute Gasteiger partial charge is 0.231 e. The zero-order valence-corrected chi connectivity index (χ0v) is 12.5. The SMILES string of the molecule is C=C1C2=C[C@@H](OC)[C@@H](O)C[C@@H]2NCc2cc3c(cc21)OCO3. The number of benzene rings is 1. The minimum Gasteiger partial charge on any atom is -0.454 e. The monoisotopic (exact) mass is 301 g/mol. The number of aliphatic hydroxyl groups excluding tert-OH is 1. The number of nitrogens with one attached hydrogen (secondary N) is 1. The third-order valence-electron chi connectivity index (χ3n) is 4.66. The lowest BCUT2D eigenvalue weighted by Gasteiger charge is -2.32. The van der Waals surface area contributed by atoms with Gasteiger partial charge in [0, 0.05) is 19.7 Å². The van der Waals surface area contributed by atoms with Gasteiger partial charge in [0.05, 0.1) is 6.10 Å². The molecule has 22 heavy (non-hydrogen) atoms. The van der Waals surface area contributed by atoms with Crippen LogP contribution in [-0.4, -0.2) is 37.3 Å². The number of methoxy groups -OCH3 is 1. The molecule has 2 N–H and O–H groups in total. The van der Waals surface area contributed by atoms with Crippen LogP contribution < -0.4 is 14.8 Å². The summed E-state index contributed by atoms with van der Waals surface area (Å²) in [6, 6.07) is 4.09. The van der Waals surface area contributed by atoms with Gasteiger partial charge in [-0.15, -0.1) is 0 Å². The Balaban J connectivity index is 1.78. The maximum atomic E-state index is 10.2. The highest BCUT2D eigenvalue weighted by atomic mass is 16.7. The Morgan fingerprint density at radius 2 is 2.09 bits per heavy atom. The Labute approximate surface area is 129 Å². The van der Waals surface area contributed by atoms with Gasteiger partial charge in [-0.3, -0.25) is 0 Å². The van der Waals surface area contributed by atoms with Crippen LogP contribution in [0, 0.1) is 0 Å². The van der Waals surface area contributed by atoms with Gasteiger partial charge in [-0.25, -0.2) is 0 Å². The predicted molar refractivity (Wildman–Crippen MR) is 81.7 cm³/mol. The molecule has 1 aliphatic carbocycles. The molecule has 0 saturated carbocycles. The minimum absolute atomic E-state index is 0.0815. The highest BCUT2D eigenvalue weighted by molar-refractivity contribution is 5.83. The van der Waals surface area contributed by atoms with Crippen molar-refractivity contribution in [1.29, 1.82) is 0 Å². The highest BCUT2D eigenvalue weighted by Crippen LogP contribution is 2.41. The molecular formula is C17H19NO4. The van der Waals surface area contributed by atoms with Gasteiger partial charge in [0.2, 0.25) is 6.79 Å². The Morgan fingerprint density at radius 1 is 1.32 bits per heavy atom. The molecule has 3 atom stereocenters. The van der Waals surface area contributed by atoms with Crippen molar-refractivity contribution in [3.8, 4) is 11.5 Å². The third kappa shape index (κ3) is 2.05. The molecule has 0 fully saturated rings. The van der Waals surface area contributed by atoms with Crippen LogP contribution in [0.25, 0.3) is 5.57 Å². The quantitative estimate of drug-likeness (QED) is 0.825. The van der Waals surface area contributed by atoms with Crippen LogP contribution >= 0.6 is 0 Å². The molecule has 1 aromatic rings. The summed E-state index contributed by atoms with van der Waals surface area (Å²) >= 11 is 0. The summed E-state index contributed by atoms with van der Waals surface area (Å²) in [4.78, 5) is 0. The van der Waals surface area contributed by atoms with Gasteiger partial charge in [-0.05, 0) is 46.9 Å². The lowest BCUT2D eigenvalue weighted by atomic mass is 9.84. The van der Waals surface area contributed by atoms with Gasteiger partial charge >= 0.3 is 0 Å². The van der Waals surface area contributed by atoms with E-state index in [-0.39, 0.29) is 18.9 Å². The fourth-order valence-electron chi connectivity index (χ4n) is 3.44. The first-order valence-corrected chi connectivity index (χ1v) is 7.45. The molecule has 0 saturated heterocycles. The normalized spacial score (nSPS) is 29.5. The molecule has 3 aliphatic rings. The minimum atomic E-state index is -0.503. The van der Waals surface area contributed by atoms with Crippen LogP contribution in [-0.2, 0) is 11.3 Å². The van der Waals surface area contributed by atoms with Gasteiger partial charge in [0.25, 0.3) is 0 Å². The largest absolute Gasteiger partial charge is 0.454 e. The number of fused-ring (bicyclic) bond motifs is 3. The van der Waals surface area contributed by atoms with E-state index in [9.17, 15) is 5.11 Å². The first kappa shape index (κ1) is 13.8. The molecule has 5 nitrogen and oxygen atoms in total. The van der Waals surface area contributed by atoms with Gasteiger partial charge in [-0.1, -0.05) is 6.58 Å². The summed E-state index contributed by atoms with van der Waals surface area (Å²) in [7, 11) is 1.62. The molecule has 1 aromatic carbocycles. The maximum absolute atomic E-state index is 10.2. The van der Waals surface area contributed by atoms with Gasteiger partial charge in [0.1, 0.15) is 6.10 Å². The number of rotatable bonds is 1. The Bertz CT molecular complexity index is 667. The van der Waals surface area contributed by atoms with Crippen LogP contribution in [0.5, 0.6) is 11.5 Å². The summed E-state index contributed by atoms with van der Waals surface area (Å²) in [6.45, 7) is 5.25. The zero-order valence-electron chi connectivity index (χ0n) is 12.5. The molecule has 5 heteroatoms. The third-order valence-corrected chi connectivity index (χ3v) is 4.66. The van der Waals surface area contributed by atoms with Crippen molar-refractivity contribution in [2.24, 2.45) is 0 Å². The fourth-order valence-corrected chi connectivity index (χ4v) is 3.44. The van der Waals surface area contributed by atoms with Crippen molar-refractivity contribution >= 4 is 5.57 Å². The van der Waals surface area contributed by atoms with E-state index in [1.807, 2.05) is 18.2 Å². The average Bonchev–Trinajstić information content (AvgIpc) is 2.93. The number of hydrogen-bond acceptors (Lipinski definition) is 5. The summed E-state index contributed by atoms with van der Waals surface area (Å²) in [5, 5.41) is 13.7. The molecule has 0 bridgehead atoms. The van der Waals surface area contributed by atoms with Crippen molar-refractivity contribution < 1.29 is 19.3 Å². The van der Waals surface area contributed by atoms with Gasteiger partial charge in [0.15, 0.2) is 11.5 Å². The lowest BCUT2D eigenvalue weighted by Crippen LogP contribution is -2.42. The molecular weight excluding hydrogens is 282 g/mol. The highest BCUT2D eigenvalue weighted by Gasteiger charge is 2.34. The number of ether oxygens (including phenoxy) is 3. The Kier molecular flexibility index (Phi) is 3.22. The van der Waals surface area contributed by atoms with Crippen LogP contribution in [0.2, 0.25) is 0 Å². The van der Waals surface area contributed by atoms with Crippen molar-refractivity contribution in [1.82, 2.24) is 5.32 Å². The molecule has 2 heterocycles. The van der Waals surface area contributed by atoms with E-state index in [4.69, 9.17) is 14.2 Å². The van der Waals surface area contributed by atoms with Crippen LogP contribution in [0.15, 0.2) is 30.4 Å². The molecule has 116 valence electrons. The maximum Gasteiger partial charge on any atom is 0.231 e. The Morgan fingerprint density at radius 3 is 2.86 bits per heavy atom. The van der Waals surface area contributed by atoms with E-state index < -0.39 is 6.10 Å². The van der Waals surface area contributed by atoms with E-state index in [0.29, 0.717) is 13.0 Å². The fraction of sp³-hybridized carbons (Fsp3) is 0.412. The van der Waals surface area contributed by atoms with E-state index in [1.54, 1.807) is 7.11 Å². The van der Waals surface area contributed by atoms with E-state index in [1.165, 1.54) is 0 Å². The van der Waals surface area contributed by atoms with Crippen molar-refractivity contribution in [2.45, 2.75) is 31.2 Å². The second kappa shape index (κ2) is 5.12. The Hall–Kier alpha value is -1.82. The number of aliphatic hydroxyl groups is 1. The molecule has 0 radical (unpaired) electrons. The molecule has 2 aliphatic heterocycles. The second-order valence-electron chi connectivity index (χ2n) is 5.90. The van der Waals surface area contributed by atoms with Crippen LogP contribution in [0.1, 0.15) is 17.5 Å². The van der Waals surface area contributed by atoms with Crippen LogP contribution in [0.3, 0.4) is 0 Å². The molecule has 0 amide bonds. The van der Waals surface area contributed by atoms with E-state index in [2.05, 4.69) is 11.9 Å². The summed E-state index contributed by atoms with van der Waals surface area (Å²) in [5.74, 6) is 1.54. The van der Waals surface area contributed by atoms with E-state index in [0.717, 1.165) is 33.8 Å².